The van der Waals surface area contributed by atoms with Crippen LogP contribution in [0, 0.1) is 0 Å². The summed E-state index contributed by atoms with van der Waals surface area (Å²) in [4.78, 5) is 5.07. The third kappa shape index (κ3) is 4.55. The van der Waals surface area contributed by atoms with E-state index in [-0.39, 0.29) is 6.04 Å². The number of nitrogens with one attached hydrogen (secondary N) is 1. The summed E-state index contributed by atoms with van der Waals surface area (Å²) in [7, 11) is 0. The largest absolute Gasteiger partial charge is 0.456 e. The molecular formula is C42H30N3O+. The van der Waals surface area contributed by atoms with Gasteiger partial charge in [-0.2, -0.15) is 4.99 Å². The summed E-state index contributed by atoms with van der Waals surface area (Å²) in [6, 6.07) is 55.7. The molecule has 3 N–H and O–H groups in total. The Kier molecular flexibility index (Phi) is 6.25. The molecule has 0 aliphatic carbocycles. The van der Waals surface area contributed by atoms with Gasteiger partial charge in [-0.25, -0.2) is 0 Å². The summed E-state index contributed by atoms with van der Waals surface area (Å²) in [5.74, 6) is 0.848. The van der Waals surface area contributed by atoms with Crippen LogP contribution in [0.2, 0.25) is 0 Å². The molecular weight excluding hydrogens is 562 g/mol. The van der Waals surface area contributed by atoms with Crippen molar-refractivity contribution < 1.29 is 9.73 Å². The fourth-order valence-electron chi connectivity index (χ4n) is 6.85. The average Bonchev–Trinajstić information content (AvgIpc) is 3.49. The number of hydrogen-bond acceptors (Lipinski definition) is 3. The Bertz CT molecular complexity index is 2430. The van der Waals surface area contributed by atoms with E-state index in [0.29, 0.717) is 0 Å². The van der Waals surface area contributed by atoms with Crippen LogP contribution < -0.4 is 10.6 Å². The number of rotatable bonds is 4. The smallest absolute Gasteiger partial charge is 0.304 e. The van der Waals surface area contributed by atoms with Gasteiger partial charge >= 0.3 is 5.96 Å². The van der Waals surface area contributed by atoms with E-state index in [1.54, 1.807) is 0 Å². The normalized spacial score (nSPS) is 14.3. The zero-order chi connectivity index (χ0) is 30.5. The van der Waals surface area contributed by atoms with Crippen molar-refractivity contribution in [2.75, 3.05) is 5.32 Å². The molecule has 218 valence electrons. The summed E-state index contributed by atoms with van der Waals surface area (Å²) in [5, 5.41) is 10.8. The van der Waals surface area contributed by atoms with E-state index in [2.05, 4.69) is 156 Å². The van der Waals surface area contributed by atoms with Crippen molar-refractivity contribution in [2.24, 2.45) is 4.99 Å². The molecule has 0 spiro atoms. The summed E-state index contributed by atoms with van der Waals surface area (Å²) in [6.07, 6.45) is 0. The van der Waals surface area contributed by atoms with Gasteiger partial charge in [0.05, 0.1) is 11.4 Å². The maximum absolute atomic E-state index is 6.05. The van der Waals surface area contributed by atoms with Crippen LogP contribution in [0.15, 0.2) is 167 Å². The fraction of sp³-hybridized carbons (Fsp3) is 0.0238. The van der Waals surface area contributed by atoms with E-state index in [1.807, 2.05) is 12.1 Å². The number of guanidine groups is 1. The van der Waals surface area contributed by atoms with Crippen molar-refractivity contribution in [3.05, 3.63) is 169 Å². The SMILES string of the molecule is c1ccc2c(c1)N=C(Nc1ccccc1-c1ccc(-c3ccc4oc5ccccc5c4c3)cc1)[NH2+]C2c1cccc2ccccc12. The summed E-state index contributed by atoms with van der Waals surface area (Å²) < 4.78 is 6.05. The Morgan fingerprint density at radius 2 is 1.20 bits per heavy atom. The van der Waals surface area contributed by atoms with Crippen LogP contribution >= 0.6 is 0 Å². The molecule has 7 aromatic carbocycles. The Morgan fingerprint density at radius 1 is 0.522 bits per heavy atom. The minimum atomic E-state index is 0.0819. The molecule has 8 aromatic rings. The molecule has 0 fully saturated rings. The van der Waals surface area contributed by atoms with E-state index >= 15 is 0 Å². The standard InChI is InChI=1S/C42H29N3O/c1-2-12-31-28(10-1)11-9-16-34(31)41-35-15-4-7-18-38(35)44-42(45-41)43-37-17-6-3-13-32(37)29-22-20-27(21-23-29)30-24-25-40-36(26-30)33-14-5-8-19-39(33)46-40/h1-26,41H,(H2,43,44,45)/p+1. The summed E-state index contributed by atoms with van der Waals surface area (Å²) in [6.45, 7) is 0. The summed E-state index contributed by atoms with van der Waals surface area (Å²) in [5.41, 5.74) is 10.9. The third-order valence-corrected chi connectivity index (χ3v) is 9.09. The van der Waals surface area contributed by atoms with Gasteiger partial charge in [0.15, 0.2) is 0 Å². The van der Waals surface area contributed by atoms with E-state index in [0.717, 1.165) is 50.4 Å². The molecule has 1 aromatic heterocycles. The van der Waals surface area contributed by atoms with Gasteiger partial charge in [-0.05, 0) is 57.8 Å². The maximum atomic E-state index is 6.05. The first-order chi connectivity index (χ1) is 22.8. The highest BCUT2D eigenvalue weighted by Gasteiger charge is 2.29. The molecule has 0 bridgehead atoms. The number of para-hydroxylation sites is 3. The molecule has 1 aliphatic rings. The van der Waals surface area contributed by atoms with Gasteiger partial charge in [0.25, 0.3) is 0 Å². The molecule has 1 aliphatic heterocycles. The average molecular weight is 593 g/mol. The number of benzene rings is 7. The first-order valence-corrected chi connectivity index (χ1v) is 15.7. The van der Waals surface area contributed by atoms with Crippen molar-refractivity contribution in [1.29, 1.82) is 0 Å². The number of anilines is 1. The second-order valence-corrected chi connectivity index (χ2v) is 11.8. The number of aliphatic imine (C=N–C) groups is 1. The molecule has 1 atom stereocenters. The van der Waals surface area contributed by atoms with Gasteiger partial charge in [0.1, 0.15) is 17.2 Å². The number of quaternary nitrogens is 1. The fourth-order valence-corrected chi connectivity index (χ4v) is 6.85. The summed E-state index contributed by atoms with van der Waals surface area (Å²) >= 11 is 0. The van der Waals surface area contributed by atoms with Gasteiger partial charge in [0, 0.05) is 27.5 Å². The molecule has 4 heteroatoms. The quantitative estimate of drug-likeness (QED) is 0.214. The molecule has 0 radical (unpaired) electrons. The van der Waals surface area contributed by atoms with Crippen LogP contribution in [-0.2, 0) is 0 Å². The molecule has 2 heterocycles. The molecule has 1 unspecified atom stereocenters. The molecule has 9 rings (SSSR count). The molecule has 46 heavy (non-hydrogen) atoms. The van der Waals surface area contributed by atoms with E-state index in [4.69, 9.17) is 9.41 Å². The predicted molar refractivity (Wildman–Crippen MR) is 189 cm³/mol. The lowest BCUT2D eigenvalue weighted by atomic mass is 9.92. The highest BCUT2D eigenvalue weighted by Crippen LogP contribution is 2.36. The van der Waals surface area contributed by atoms with Crippen LogP contribution in [0.5, 0.6) is 0 Å². The van der Waals surface area contributed by atoms with Gasteiger partial charge in [0.2, 0.25) is 0 Å². The first kappa shape index (κ1) is 26.4. The van der Waals surface area contributed by atoms with Crippen molar-refractivity contribution in [2.45, 2.75) is 6.04 Å². The number of furan rings is 1. The predicted octanol–water partition coefficient (Wildman–Crippen LogP) is 9.84. The molecule has 0 amide bonds. The second kappa shape index (κ2) is 10.9. The molecule has 4 nitrogen and oxygen atoms in total. The number of nitrogens with two attached hydrogens (primary N) is 1. The maximum Gasteiger partial charge on any atom is 0.304 e. The first-order valence-electron chi connectivity index (χ1n) is 15.7. The lowest BCUT2D eigenvalue weighted by Crippen LogP contribution is -2.91. The Labute approximate surface area is 266 Å². The minimum absolute atomic E-state index is 0.0819. The van der Waals surface area contributed by atoms with Crippen molar-refractivity contribution in [3.8, 4) is 22.3 Å². The highest BCUT2D eigenvalue weighted by molar-refractivity contribution is 6.06. The van der Waals surface area contributed by atoms with Crippen LogP contribution in [0.3, 0.4) is 0 Å². The van der Waals surface area contributed by atoms with Gasteiger partial charge in [-0.15, -0.1) is 0 Å². The number of hydrogen-bond donors (Lipinski definition) is 2. The van der Waals surface area contributed by atoms with Crippen molar-refractivity contribution in [3.63, 3.8) is 0 Å². The highest BCUT2D eigenvalue weighted by atomic mass is 16.3. The van der Waals surface area contributed by atoms with E-state index in [1.165, 1.54) is 33.0 Å². The van der Waals surface area contributed by atoms with Crippen LogP contribution in [-0.4, -0.2) is 5.96 Å². The number of nitrogens with zero attached hydrogens (tertiary/aromatic N) is 1. The zero-order valence-corrected chi connectivity index (χ0v) is 25.0. The van der Waals surface area contributed by atoms with Gasteiger partial charge in [-0.3, -0.25) is 10.6 Å². The zero-order valence-electron chi connectivity index (χ0n) is 25.0. The Morgan fingerprint density at radius 3 is 2.13 bits per heavy atom. The van der Waals surface area contributed by atoms with Crippen molar-refractivity contribution >= 4 is 50.0 Å². The van der Waals surface area contributed by atoms with Gasteiger partial charge in [-0.1, -0.05) is 127 Å². The van der Waals surface area contributed by atoms with Crippen molar-refractivity contribution in [1.82, 2.24) is 0 Å². The van der Waals surface area contributed by atoms with Crippen LogP contribution in [0.1, 0.15) is 17.2 Å². The van der Waals surface area contributed by atoms with E-state index in [9.17, 15) is 0 Å². The second-order valence-electron chi connectivity index (χ2n) is 11.8. The molecule has 0 saturated carbocycles. The van der Waals surface area contributed by atoms with Crippen LogP contribution in [0.4, 0.5) is 11.4 Å². The molecule has 0 saturated heterocycles. The van der Waals surface area contributed by atoms with Gasteiger partial charge < -0.3 is 4.42 Å². The lowest BCUT2D eigenvalue weighted by molar-refractivity contribution is -0.578. The monoisotopic (exact) mass is 592 g/mol. The Hall–Kier alpha value is -5.97. The minimum Gasteiger partial charge on any atom is -0.456 e. The third-order valence-electron chi connectivity index (χ3n) is 9.09. The number of fused-ring (bicyclic) bond motifs is 5. The topological polar surface area (TPSA) is 54.1 Å². The van der Waals surface area contributed by atoms with E-state index < -0.39 is 0 Å². The van der Waals surface area contributed by atoms with Crippen LogP contribution in [0.25, 0.3) is 55.0 Å². The lowest BCUT2D eigenvalue weighted by Gasteiger charge is -2.24. The Balaban J connectivity index is 1.04.